The third kappa shape index (κ3) is 7.37. The molecule has 8 heteroatoms. The second kappa shape index (κ2) is 14.8. The van der Waals surface area contributed by atoms with E-state index in [2.05, 4.69) is 52.3 Å². The second-order valence-electron chi connectivity index (χ2n) is 10.4. The van der Waals surface area contributed by atoms with Gasteiger partial charge in [0, 0.05) is 18.8 Å². The molecule has 0 spiro atoms. The van der Waals surface area contributed by atoms with Crippen LogP contribution in [0.15, 0.2) is 91.0 Å². The zero-order chi connectivity index (χ0) is 29.1. The van der Waals surface area contributed by atoms with Crippen LogP contribution in [0.1, 0.15) is 42.4 Å². The van der Waals surface area contributed by atoms with Gasteiger partial charge in [-0.3, -0.25) is 14.4 Å². The van der Waals surface area contributed by atoms with Crippen molar-refractivity contribution in [2.75, 3.05) is 25.9 Å². The van der Waals surface area contributed by atoms with Crippen molar-refractivity contribution in [3.8, 4) is 0 Å². The molecule has 3 atom stereocenters. The number of thioether (sulfide) groups is 1. The van der Waals surface area contributed by atoms with Crippen LogP contribution in [0.4, 0.5) is 0 Å². The van der Waals surface area contributed by atoms with E-state index in [4.69, 9.17) is 0 Å². The molecule has 0 aliphatic heterocycles. The molecule has 4 rings (SSSR count). The lowest BCUT2D eigenvalue weighted by molar-refractivity contribution is -0.149. The standard InChI is InChI=1S/C33H39N3O4S/c1-34-23-29(36-30(37)27-19-11-12-20-28(27)32(39)40)31(38)35-21-22-41-33(24-13-5-2-6-14-24,25-15-7-3-8-16-25)26-17-9-4-10-18-26/h2-10,13-18,27-29,34H,11-12,19-23H2,1H3,(H,35,38)(H,36,37)(H,39,40)/t27-,28+,29+/m1/s1. The number of nitrogens with one attached hydrogen (secondary N) is 3. The summed E-state index contributed by atoms with van der Waals surface area (Å²) in [6.45, 7) is 0.645. The fourth-order valence-electron chi connectivity index (χ4n) is 5.70. The average Bonchev–Trinajstić information content (AvgIpc) is 3.02. The Labute approximate surface area is 246 Å². The van der Waals surface area contributed by atoms with E-state index in [1.807, 2.05) is 54.6 Å². The number of hydrogen-bond donors (Lipinski definition) is 4. The SMILES string of the molecule is CNC[C@H](NC(=O)[C@@H]1CCCC[C@@H]1C(=O)O)C(=O)NCCSC(c1ccccc1)(c1ccccc1)c1ccccc1. The molecule has 0 saturated heterocycles. The first kappa shape index (κ1) is 30.3. The van der Waals surface area contributed by atoms with Crippen LogP contribution in [0, 0.1) is 11.8 Å². The highest BCUT2D eigenvalue weighted by molar-refractivity contribution is 8.00. The van der Waals surface area contributed by atoms with E-state index in [1.165, 1.54) is 0 Å². The van der Waals surface area contributed by atoms with E-state index in [-0.39, 0.29) is 18.4 Å². The van der Waals surface area contributed by atoms with Crippen LogP contribution in [0.5, 0.6) is 0 Å². The number of carbonyl (C=O) groups excluding carboxylic acids is 2. The third-order valence-corrected chi connectivity index (χ3v) is 9.27. The smallest absolute Gasteiger partial charge is 0.307 e. The number of benzene rings is 3. The predicted molar refractivity (Wildman–Crippen MR) is 164 cm³/mol. The number of amides is 2. The summed E-state index contributed by atoms with van der Waals surface area (Å²) in [5.41, 5.74) is 3.44. The maximum atomic E-state index is 13.2. The van der Waals surface area contributed by atoms with Gasteiger partial charge in [-0.2, -0.15) is 0 Å². The Balaban J connectivity index is 1.47. The summed E-state index contributed by atoms with van der Waals surface area (Å²) in [7, 11) is 1.72. The summed E-state index contributed by atoms with van der Waals surface area (Å²) in [6.07, 6.45) is 2.62. The lowest BCUT2D eigenvalue weighted by atomic mass is 9.78. The van der Waals surface area contributed by atoms with Gasteiger partial charge in [-0.25, -0.2) is 0 Å². The molecule has 41 heavy (non-hydrogen) atoms. The molecule has 3 aromatic rings. The molecule has 1 saturated carbocycles. The topological polar surface area (TPSA) is 108 Å². The van der Waals surface area contributed by atoms with E-state index in [1.54, 1.807) is 18.8 Å². The first-order chi connectivity index (χ1) is 20.0. The Bertz CT molecular complexity index is 1180. The van der Waals surface area contributed by atoms with Crippen molar-refractivity contribution in [2.45, 2.75) is 36.5 Å². The molecule has 2 amide bonds. The first-order valence-electron chi connectivity index (χ1n) is 14.2. The third-order valence-electron chi connectivity index (χ3n) is 7.72. The minimum atomic E-state index is -0.949. The van der Waals surface area contributed by atoms with Crippen molar-refractivity contribution in [1.29, 1.82) is 0 Å². The summed E-state index contributed by atoms with van der Waals surface area (Å²) in [5.74, 6) is -2.31. The number of carboxylic acid groups (broad SMARTS) is 1. The van der Waals surface area contributed by atoms with Crippen LogP contribution in [0.2, 0.25) is 0 Å². The predicted octanol–water partition coefficient (Wildman–Crippen LogP) is 4.42. The Kier molecular flexibility index (Phi) is 11.0. The van der Waals surface area contributed by atoms with Crippen LogP contribution in [0.25, 0.3) is 0 Å². The van der Waals surface area contributed by atoms with Crippen molar-refractivity contribution in [1.82, 2.24) is 16.0 Å². The Morgan fingerprint density at radius 2 is 1.32 bits per heavy atom. The molecule has 0 radical (unpaired) electrons. The molecular weight excluding hydrogens is 534 g/mol. The number of rotatable bonds is 13. The largest absolute Gasteiger partial charge is 0.481 e. The van der Waals surface area contributed by atoms with Gasteiger partial charge >= 0.3 is 5.97 Å². The molecule has 1 fully saturated rings. The highest BCUT2D eigenvalue weighted by atomic mass is 32.2. The quantitative estimate of drug-likeness (QED) is 0.178. The van der Waals surface area contributed by atoms with Gasteiger partial charge < -0.3 is 21.1 Å². The number of carboxylic acids is 1. The van der Waals surface area contributed by atoms with Gasteiger partial charge in [-0.15, -0.1) is 11.8 Å². The molecule has 7 nitrogen and oxygen atoms in total. The molecule has 1 aliphatic carbocycles. The molecular formula is C33H39N3O4S. The molecule has 0 bridgehead atoms. The second-order valence-corrected chi connectivity index (χ2v) is 11.7. The van der Waals surface area contributed by atoms with Crippen molar-refractivity contribution in [3.05, 3.63) is 108 Å². The molecule has 3 aromatic carbocycles. The molecule has 4 N–H and O–H groups in total. The molecule has 1 aliphatic rings. The average molecular weight is 574 g/mol. The fraction of sp³-hybridized carbons (Fsp3) is 0.364. The van der Waals surface area contributed by atoms with Crippen LogP contribution in [-0.4, -0.2) is 54.8 Å². The minimum absolute atomic E-state index is 0.247. The Morgan fingerprint density at radius 3 is 1.78 bits per heavy atom. The van der Waals surface area contributed by atoms with Crippen LogP contribution >= 0.6 is 11.8 Å². The van der Waals surface area contributed by atoms with Crippen LogP contribution in [0.3, 0.4) is 0 Å². The van der Waals surface area contributed by atoms with E-state index in [0.29, 0.717) is 25.1 Å². The van der Waals surface area contributed by atoms with Crippen molar-refractivity contribution in [3.63, 3.8) is 0 Å². The number of carbonyl (C=O) groups is 3. The van der Waals surface area contributed by atoms with Gasteiger partial charge in [0.15, 0.2) is 0 Å². The lowest BCUT2D eigenvalue weighted by Crippen LogP contribution is -2.54. The summed E-state index contributed by atoms with van der Waals surface area (Å²) in [4.78, 5) is 38.0. The van der Waals surface area contributed by atoms with E-state index < -0.39 is 28.6 Å². The van der Waals surface area contributed by atoms with Gasteiger partial charge in [0.1, 0.15) is 6.04 Å². The van der Waals surface area contributed by atoms with E-state index in [0.717, 1.165) is 29.5 Å². The van der Waals surface area contributed by atoms with Crippen molar-refractivity contribution >= 4 is 29.5 Å². The van der Waals surface area contributed by atoms with Crippen molar-refractivity contribution in [2.24, 2.45) is 11.8 Å². The zero-order valence-electron chi connectivity index (χ0n) is 23.4. The van der Waals surface area contributed by atoms with Crippen LogP contribution < -0.4 is 16.0 Å². The number of hydrogen-bond acceptors (Lipinski definition) is 5. The highest BCUT2D eigenvalue weighted by Gasteiger charge is 2.38. The Morgan fingerprint density at radius 1 is 0.829 bits per heavy atom. The molecule has 0 unspecified atom stereocenters. The maximum Gasteiger partial charge on any atom is 0.307 e. The monoisotopic (exact) mass is 573 g/mol. The Hall–Kier alpha value is -3.62. The van der Waals surface area contributed by atoms with E-state index >= 15 is 0 Å². The fourth-order valence-corrected chi connectivity index (χ4v) is 7.12. The summed E-state index contributed by atoms with van der Waals surface area (Å²) < 4.78 is -0.486. The summed E-state index contributed by atoms with van der Waals surface area (Å²) in [5, 5.41) is 18.4. The normalized spacial score (nSPS) is 17.8. The van der Waals surface area contributed by atoms with Crippen molar-refractivity contribution < 1.29 is 19.5 Å². The number of aliphatic carboxylic acids is 1. The first-order valence-corrected chi connectivity index (χ1v) is 15.2. The van der Waals surface area contributed by atoms with Gasteiger partial charge in [0.2, 0.25) is 11.8 Å². The van der Waals surface area contributed by atoms with Gasteiger partial charge in [-0.05, 0) is 36.6 Å². The maximum absolute atomic E-state index is 13.2. The summed E-state index contributed by atoms with van der Waals surface area (Å²) >= 11 is 1.75. The molecule has 216 valence electrons. The lowest BCUT2D eigenvalue weighted by Gasteiger charge is -2.35. The molecule has 0 aromatic heterocycles. The minimum Gasteiger partial charge on any atom is -0.481 e. The van der Waals surface area contributed by atoms with E-state index in [9.17, 15) is 19.5 Å². The zero-order valence-corrected chi connectivity index (χ0v) is 24.2. The van der Waals surface area contributed by atoms with Gasteiger partial charge in [0.25, 0.3) is 0 Å². The molecule has 0 heterocycles. The summed E-state index contributed by atoms with van der Waals surface area (Å²) in [6, 6.07) is 30.3. The van der Waals surface area contributed by atoms with Gasteiger partial charge in [0.05, 0.1) is 16.6 Å². The number of likely N-dealkylation sites (N-methyl/N-ethyl adjacent to an activating group) is 1. The highest BCUT2D eigenvalue weighted by Crippen LogP contribution is 2.48. The van der Waals surface area contributed by atoms with Crippen LogP contribution in [-0.2, 0) is 19.1 Å². The van der Waals surface area contributed by atoms with Gasteiger partial charge in [-0.1, -0.05) is 104 Å².